The lowest BCUT2D eigenvalue weighted by Gasteiger charge is -2.52. The Morgan fingerprint density at radius 1 is 0.952 bits per heavy atom. The SMILES string of the molecule is CCCOc1ccc(N2C(=O)[C@H]3C4c5ccccc5C(/C=N\NC(=O)c5cccnc5)(c5ccccc54)[C@H]3C2=O)cc1. The maximum atomic E-state index is 14.5. The van der Waals surface area contributed by atoms with Crippen LogP contribution in [0, 0.1) is 11.8 Å². The number of aromatic nitrogens is 1. The van der Waals surface area contributed by atoms with E-state index >= 15 is 0 Å². The molecule has 0 radical (unpaired) electrons. The van der Waals surface area contributed by atoms with Crippen LogP contribution in [0.4, 0.5) is 5.69 Å². The third-order valence-electron chi connectivity index (χ3n) is 8.61. The van der Waals surface area contributed by atoms with Crippen LogP contribution >= 0.6 is 0 Å². The van der Waals surface area contributed by atoms with E-state index in [1.54, 1.807) is 48.8 Å². The Kier molecular flexibility index (Phi) is 6.19. The summed E-state index contributed by atoms with van der Waals surface area (Å²) in [5.41, 5.74) is 6.25. The highest BCUT2D eigenvalue weighted by Gasteiger charge is 2.68. The maximum absolute atomic E-state index is 14.5. The van der Waals surface area contributed by atoms with Crippen LogP contribution in [0.2, 0.25) is 0 Å². The first-order chi connectivity index (χ1) is 20.6. The fourth-order valence-electron chi connectivity index (χ4n) is 6.97. The Hall–Kier alpha value is -5.11. The number of hydrazone groups is 1. The van der Waals surface area contributed by atoms with Crippen molar-refractivity contribution in [2.24, 2.45) is 16.9 Å². The van der Waals surface area contributed by atoms with Crippen LogP contribution < -0.4 is 15.1 Å². The van der Waals surface area contributed by atoms with Crippen LogP contribution in [0.25, 0.3) is 0 Å². The van der Waals surface area contributed by atoms with E-state index in [2.05, 4.69) is 15.5 Å². The molecule has 0 saturated carbocycles. The summed E-state index contributed by atoms with van der Waals surface area (Å²) in [6.45, 7) is 2.62. The largest absolute Gasteiger partial charge is 0.494 e. The van der Waals surface area contributed by atoms with Crippen molar-refractivity contribution in [3.05, 3.63) is 125 Å². The van der Waals surface area contributed by atoms with Crippen LogP contribution in [-0.4, -0.2) is 35.5 Å². The van der Waals surface area contributed by atoms with E-state index in [1.165, 1.54) is 11.1 Å². The van der Waals surface area contributed by atoms with E-state index in [0.717, 1.165) is 28.7 Å². The first kappa shape index (κ1) is 25.8. The Balaban J connectivity index is 1.35. The highest BCUT2D eigenvalue weighted by molar-refractivity contribution is 6.25. The molecule has 3 aromatic carbocycles. The number of carbonyl (C=O) groups excluding carboxylic acids is 3. The molecule has 1 aromatic heterocycles. The van der Waals surface area contributed by atoms with Gasteiger partial charge in [0, 0.05) is 24.5 Å². The number of carbonyl (C=O) groups is 3. The maximum Gasteiger partial charge on any atom is 0.272 e. The van der Waals surface area contributed by atoms with Gasteiger partial charge < -0.3 is 4.74 Å². The molecular formula is C34H28N4O4. The number of nitrogens with zero attached hydrogens (tertiary/aromatic N) is 3. The summed E-state index contributed by atoms with van der Waals surface area (Å²) in [4.78, 5) is 46.9. The molecule has 4 aromatic rings. The molecule has 2 atom stereocenters. The van der Waals surface area contributed by atoms with Gasteiger partial charge in [0.2, 0.25) is 11.8 Å². The van der Waals surface area contributed by atoms with Gasteiger partial charge in [0.05, 0.1) is 35.1 Å². The first-order valence-electron chi connectivity index (χ1n) is 14.1. The van der Waals surface area contributed by atoms with Crippen LogP contribution in [0.5, 0.6) is 5.75 Å². The predicted octanol–water partition coefficient (Wildman–Crippen LogP) is 4.84. The van der Waals surface area contributed by atoms with Gasteiger partial charge in [-0.25, -0.2) is 10.3 Å². The van der Waals surface area contributed by atoms with Crippen molar-refractivity contribution in [3.8, 4) is 5.75 Å². The molecule has 3 aliphatic carbocycles. The number of hydrogen-bond acceptors (Lipinski definition) is 6. The molecule has 1 saturated heterocycles. The number of pyridine rings is 1. The molecule has 1 fully saturated rings. The lowest BCUT2D eigenvalue weighted by atomic mass is 9.47. The van der Waals surface area contributed by atoms with E-state index in [4.69, 9.17) is 4.74 Å². The first-order valence-corrected chi connectivity index (χ1v) is 14.1. The Labute approximate surface area is 243 Å². The molecular weight excluding hydrogens is 528 g/mol. The topological polar surface area (TPSA) is 101 Å². The highest BCUT2D eigenvalue weighted by Crippen LogP contribution is 2.63. The molecule has 0 spiro atoms. The summed E-state index contributed by atoms with van der Waals surface area (Å²) < 4.78 is 5.72. The molecule has 8 nitrogen and oxygen atoms in total. The number of hydrogen-bond donors (Lipinski definition) is 1. The lowest BCUT2D eigenvalue weighted by molar-refractivity contribution is -0.122. The van der Waals surface area contributed by atoms with E-state index in [1.807, 2.05) is 55.5 Å². The Morgan fingerprint density at radius 3 is 2.29 bits per heavy atom. The van der Waals surface area contributed by atoms with Gasteiger partial charge in [-0.2, -0.15) is 5.10 Å². The van der Waals surface area contributed by atoms with Crippen LogP contribution in [0.3, 0.4) is 0 Å². The molecule has 2 bridgehead atoms. The summed E-state index contributed by atoms with van der Waals surface area (Å²) in [5.74, 6) is -1.90. The van der Waals surface area contributed by atoms with E-state index in [-0.39, 0.29) is 17.7 Å². The monoisotopic (exact) mass is 556 g/mol. The van der Waals surface area contributed by atoms with Crippen LogP contribution in [0.1, 0.15) is 51.9 Å². The minimum absolute atomic E-state index is 0.238. The number of amides is 3. The smallest absolute Gasteiger partial charge is 0.272 e. The van der Waals surface area contributed by atoms with Gasteiger partial charge in [-0.05, 0) is 65.1 Å². The van der Waals surface area contributed by atoms with Crippen molar-refractivity contribution in [1.82, 2.24) is 10.4 Å². The standard InChI is InChI=1S/C34H28N4O4/c1-2-18-42-23-15-13-22(14-16-23)38-32(40)29-28-24-9-3-5-11-26(24)34(30(29)33(38)41,27-12-6-4-10-25(27)28)20-36-37-31(39)21-8-7-17-35-19-21/h3-17,19-20,28-30H,2,18H2,1H3,(H,37,39)/b36-20-/t28?,29-,30+,34?/m0/s1. The summed E-state index contributed by atoms with van der Waals surface area (Å²) in [7, 11) is 0. The zero-order valence-electron chi connectivity index (χ0n) is 22.9. The molecule has 4 aliphatic rings. The van der Waals surface area contributed by atoms with Crippen molar-refractivity contribution < 1.29 is 19.1 Å². The fraction of sp³-hybridized carbons (Fsp3) is 0.206. The molecule has 42 heavy (non-hydrogen) atoms. The van der Waals surface area contributed by atoms with E-state index in [9.17, 15) is 14.4 Å². The zero-order valence-corrected chi connectivity index (χ0v) is 22.9. The molecule has 3 amide bonds. The second kappa shape index (κ2) is 10.1. The molecule has 8 rings (SSSR count). The second-order valence-electron chi connectivity index (χ2n) is 10.8. The second-order valence-corrected chi connectivity index (χ2v) is 10.8. The summed E-state index contributed by atoms with van der Waals surface area (Å²) in [6.07, 6.45) is 5.59. The number of imide groups is 1. The van der Waals surface area contributed by atoms with Crippen molar-refractivity contribution in [2.45, 2.75) is 24.7 Å². The van der Waals surface area contributed by atoms with Gasteiger partial charge >= 0.3 is 0 Å². The zero-order chi connectivity index (χ0) is 28.8. The van der Waals surface area contributed by atoms with Gasteiger partial charge in [-0.15, -0.1) is 0 Å². The Morgan fingerprint density at radius 2 is 1.64 bits per heavy atom. The third-order valence-corrected chi connectivity index (χ3v) is 8.61. The summed E-state index contributed by atoms with van der Waals surface area (Å²) in [5, 5.41) is 4.44. The van der Waals surface area contributed by atoms with Gasteiger partial charge in [-0.3, -0.25) is 19.4 Å². The summed E-state index contributed by atoms with van der Waals surface area (Å²) >= 11 is 0. The molecule has 208 valence electrons. The van der Waals surface area contributed by atoms with E-state index in [0.29, 0.717) is 23.6 Å². The number of rotatable bonds is 7. The minimum Gasteiger partial charge on any atom is -0.494 e. The normalized spacial score (nSPS) is 23.5. The van der Waals surface area contributed by atoms with Crippen molar-refractivity contribution >= 4 is 29.6 Å². The highest BCUT2D eigenvalue weighted by atomic mass is 16.5. The fourth-order valence-corrected chi connectivity index (χ4v) is 6.97. The van der Waals surface area contributed by atoms with Gasteiger partial charge in [0.25, 0.3) is 5.91 Å². The minimum atomic E-state index is -1.07. The average molecular weight is 557 g/mol. The van der Waals surface area contributed by atoms with Crippen molar-refractivity contribution in [1.29, 1.82) is 0 Å². The molecule has 0 unspecified atom stereocenters. The molecule has 1 N–H and O–H groups in total. The van der Waals surface area contributed by atoms with Gasteiger partial charge in [0.1, 0.15) is 5.75 Å². The number of ether oxygens (including phenoxy) is 1. The van der Waals surface area contributed by atoms with Gasteiger partial charge in [-0.1, -0.05) is 55.5 Å². The van der Waals surface area contributed by atoms with Crippen LogP contribution in [-0.2, 0) is 15.0 Å². The molecule has 1 aliphatic heterocycles. The number of benzene rings is 3. The number of anilines is 1. The van der Waals surface area contributed by atoms with E-state index < -0.39 is 23.2 Å². The predicted molar refractivity (Wildman–Crippen MR) is 157 cm³/mol. The van der Waals surface area contributed by atoms with Crippen molar-refractivity contribution in [2.75, 3.05) is 11.5 Å². The van der Waals surface area contributed by atoms with Gasteiger partial charge in [0.15, 0.2) is 0 Å². The average Bonchev–Trinajstić information content (AvgIpc) is 3.31. The summed E-state index contributed by atoms with van der Waals surface area (Å²) in [6, 6.07) is 26.3. The third kappa shape index (κ3) is 3.71. The lowest BCUT2D eigenvalue weighted by Crippen LogP contribution is -2.54. The quantitative estimate of drug-likeness (QED) is 0.200. The molecule has 2 heterocycles. The Bertz CT molecular complexity index is 1690. The van der Waals surface area contributed by atoms with Crippen LogP contribution in [0.15, 0.2) is 102 Å². The van der Waals surface area contributed by atoms with Crippen molar-refractivity contribution in [3.63, 3.8) is 0 Å². The number of nitrogens with one attached hydrogen (secondary N) is 1. The molecule has 8 heteroatoms.